The largest absolute Gasteiger partial charge is 0.497 e. The SMILES string of the molecule is COc1ccc(CN(Cc2ccc(OC)cc2)S(=O)(=O)c2c(S(=O)(=O)CC[Si](C)(C)C)ccc(-c3cccc(-c4n[nH]c(N)n4)c3)c2-c2nnn(Cc3ccc(OC)cc3)n2)cc1. The molecule has 16 nitrogen and oxygen atoms in total. The molecule has 19 heteroatoms. The molecule has 3 N–H and O–H groups in total. The minimum Gasteiger partial charge on any atom is -0.497 e. The van der Waals surface area contributed by atoms with Crippen LogP contribution in [0, 0.1) is 0 Å². The number of nitrogens with two attached hydrogens (primary N) is 1. The second kappa shape index (κ2) is 18.5. The van der Waals surface area contributed by atoms with Gasteiger partial charge in [-0.05, 0) is 87.6 Å². The number of tetrazole rings is 1. The third kappa shape index (κ3) is 10.5. The Morgan fingerprint density at radius 1 is 0.714 bits per heavy atom. The van der Waals surface area contributed by atoms with E-state index in [-0.39, 0.29) is 47.6 Å². The van der Waals surface area contributed by atoms with Gasteiger partial charge in [0.1, 0.15) is 22.1 Å². The number of nitrogens with one attached hydrogen (secondary N) is 1. The van der Waals surface area contributed by atoms with E-state index in [1.54, 1.807) is 112 Å². The van der Waals surface area contributed by atoms with Crippen LogP contribution >= 0.6 is 0 Å². The maximum Gasteiger partial charge on any atom is 0.245 e. The van der Waals surface area contributed by atoms with E-state index < -0.39 is 32.8 Å². The Kier molecular flexibility index (Phi) is 13.1. The highest BCUT2D eigenvalue weighted by atomic mass is 32.2. The Morgan fingerprint density at radius 3 is 1.79 bits per heavy atom. The first-order chi connectivity index (χ1) is 30.1. The number of rotatable bonds is 18. The molecule has 0 bridgehead atoms. The summed E-state index contributed by atoms with van der Waals surface area (Å²) >= 11 is 0. The highest BCUT2D eigenvalue weighted by Gasteiger charge is 2.38. The van der Waals surface area contributed by atoms with Gasteiger partial charge >= 0.3 is 0 Å². The number of nitrogens with zero attached hydrogens (tertiary/aromatic N) is 7. The zero-order chi connectivity index (χ0) is 44.9. The van der Waals surface area contributed by atoms with Gasteiger partial charge in [-0.3, -0.25) is 0 Å². The van der Waals surface area contributed by atoms with Crippen molar-refractivity contribution in [3.63, 3.8) is 0 Å². The molecule has 7 aromatic rings. The summed E-state index contributed by atoms with van der Waals surface area (Å²) in [6.45, 7) is 6.12. The van der Waals surface area contributed by atoms with Crippen molar-refractivity contribution >= 4 is 33.9 Å². The van der Waals surface area contributed by atoms with Gasteiger partial charge in [0.2, 0.25) is 21.8 Å². The molecule has 5 aromatic carbocycles. The highest BCUT2D eigenvalue weighted by molar-refractivity contribution is 7.93. The Morgan fingerprint density at radius 2 is 1.27 bits per heavy atom. The molecule has 0 aliphatic carbocycles. The number of anilines is 1. The first-order valence-corrected chi connectivity index (χ1v) is 26.7. The van der Waals surface area contributed by atoms with Crippen molar-refractivity contribution in [3.8, 4) is 51.2 Å². The smallest absolute Gasteiger partial charge is 0.245 e. The number of methoxy groups -OCH3 is 3. The number of aromatic amines is 1. The number of sulfonamides is 1. The van der Waals surface area contributed by atoms with Crippen LogP contribution in [0.5, 0.6) is 17.2 Å². The van der Waals surface area contributed by atoms with Crippen LogP contribution < -0.4 is 19.9 Å². The van der Waals surface area contributed by atoms with Crippen LogP contribution in [0.4, 0.5) is 5.95 Å². The van der Waals surface area contributed by atoms with Gasteiger partial charge in [-0.25, -0.2) is 21.9 Å². The lowest BCUT2D eigenvalue weighted by Gasteiger charge is -2.26. The third-order valence-corrected chi connectivity index (χ3v) is 16.2. The average Bonchev–Trinajstić information content (AvgIpc) is 3.94. The van der Waals surface area contributed by atoms with Crippen LogP contribution in [0.1, 0.15) is 16.7 Å². The zero-order valence-electron chi connectivity index (χ0n) is 35.8. The summed E-state index contributed by atoms with van der Waals surface area (Å²) in [5, 5.41) is 20.4. The van der Waals surface area contributed by atoms with E-state index in [0.717, 1.165) is 5.56 Å². The second-order valence-electron chi connectivity index (χ2n) is 16.0. The lowest BCUT2D eigenvalue weighted by molar-refractivity contribution is 0.396. The lowest BCUT2D eigenvalue weighted by atomic mass is 9.97. The molecule has 0 spiro atoms. The van der Waals surface area contributed by atoms with Crippen molar-refractivity contribution in [3.05, 3.63) is 126 Å². The van der Waals surface area contributed by atoms with Crippen LogP contribution in [-0.2, 0) is 39.5 Å². The standard InChI is InChI=1S/C44H49N9O7S2Si/c1-58-35-16-10-30(11-17-35)27-52(28-31-12-18-36(59-2)19-13-31)62(56,57)41-39(61(54,55)24-25-63(4,5)6)23-22-38(33-8-7-9-34(26-33)42-46-44(45)49-47-42)40(41)43-48-51-53(50-43)29-32-14-20-37(60-3)21-15-32/h7-23,26H,24-25,27-29H2,1-6H3,(H3,45,46,47,49). The molecule has 2 heterocycles. The molecular weight excluding hydrogens is 859 g/mol. The summed E-state index contributed by atoms with van der Waals surface area (Å²) in [4.78, 5) is 4.80. The van der Waals surface area contributed by atoms with E-state index in [4.69, 9.17) is 25.0 Å². The molecule has 63 heavy (non-hydrogen) atoms. The van der Waals surface area contributed by atoms with Gasteiger partial charge in [0.15, 0.2) is 15.7 Å². The van der Waals surface area contributed by atoms with Crippen molar-refractivity contribution < 1.29 is 31.0 Å². The third-order valence-electron chi connectivity index (χ3n) is 10.3. The molecule has 0 saturated heterocycles. The molecule has 0 atom stereocenters. The number of ether oxygens (including phenoxy) is 3. The molecule has 2 aromatic heterocycles. The number of benzene rings is 5. The van der Waals surface area contributed by atoms with Gasteiger partial charge in [0, 0.05) is 26.7 Å². The second-order valence-corrected chi connectivity index (χ2v) is 25.6. The van der Waals surface area contributed by atoms with Crippen molar-refractivity contribution in [1.29, 1.82) is 0 Å². The van der Waals surface area contributed by atoms with Crippen molar-refractivity contribution in [2.45, 2.75) is 55.1 Å². The Bertz CT molecular complexity index is 2870. The summed E-state index contributed by atoms with van der Waals surface area (Å²) in [5.74, 6) is 1.91. The molecule has 0 saturated carbocycles. The van der Waals surface area contributed by atoms with Crippen LogP contribution in [0.2, 0.25) is 25.7 Å². The minimum atomic E-state index is -4.80. The van der Waals surface area contributed by atoms with Crippen LogP contribution in [0.3, 0.4) is 0 Å². The quantitative estimate of drug-likeness (QED) is 0.0836. The Hall–Kier alpha value is -6.41. The lowest BCUT2D eigenvalue weighted by Crippen LogP contribution is -2.32. The summed E-state index contributed by atoms with van der Waals surface area (Å²) in [6.07, 6.45) is 0. The Balaban J connectivity index is 1.50. The van der Waals surface area contributed by atoms with Crippen LogP contribution in [-0.4, -0.2) is 91.7 Å². The summed E-state index contributed by atoms with van der Waals surface area (Å²) in [6, 6.07) is 31.8. The van der Waals surface area contributed by atoms with E-state index in [0.29, 0.717) is 56.9 Å². The van der Waals surface area contributed by atoms with Crippen molar-refractivity contribution in [2.75, 3.05) is 32.8 Å². The fraction of sp³-hybridized carbons (Fsp3) is 0.250. The number of sulfone groups is 1. The molecule has 7 rings (SSSR count). The number of hydrogen-bond donors (Lipinski definition) is 2. The monoisotopic (exact) mass is 907 g/mol. The van der Waals surface area contributed by atoms with E-state index >= 15 is 8.42 Å². The van der Waals surface area contributed by atoms with Gasteiger partial charge in [0.25, 0.3) is 0 Å². The minimum absolute atomic E-state index is 0.0360. The highest BCUT2D eigenvalue weighted by Crippen LogP contribution is 2.42. The summed E-state index contributed by atoms with van der Waals surface area (Å²) in [7, 11) is -6.34. The van der Waals surface area contributed by atoms with Crippen LogP contribution in [0.25, 0.3) is 33.9 Å². The topological polar surface area (TPSA) is 210 Å². The van der Waals surface area contributed by atoms with Gasteiger partial charge < -0.3 is 19.9 Å². The average molecular weight is 908 g/mol. The fourth-order valence-electron chi connectivity index (χ4n) is 6.84. The Labute approximate surface area is 368 Å². The van der Waals surface area contributed by atoms with Gasteiger partial charge in [-0.15, -0.1) is 10.2 Å². The normalized spacial score (nSPS) is 12.1. The van der Waals surface area contributed by atoms with E-state index in [2.05, 4.69) is 45.1 Å². The number of H-pyrrole nitrogens is 1. The molecule has 0 aliphatic rings. The predicted molar refractivity (Wildman–Crippen MR) is 243 cm³/mol. The summed E-state index contributed by atoms with van der Waals surface area (Å²) in [5.41, 5.74) is 9.35. The first kappa shape index (κ1) is 44.6. The number of aromatic nitrogens is 7. The van der Waals surface area contributed by atoms with Gasteiger partial charge in [-0.2, -0.15) is 19.2 Å². The summed E-state index contributed by atoms with van der Waals surface area (Å²) < 4.78 is 78.9. The molecule has 0 unspecified atom stereocenters. The number of hydrogen-bond acceptors (Lipinski definition) is 13. The predicted octanol–water partition coefficient (Wildman–Crippen LogP) is 6.95. The van der Waals surface area contributed by atoms with E-state index in [9.17, 15) is 8.42 Å². The van der Waals surface area contributed by atoms with E-state index in [1.165, 1.54) is 15.2 Å². The fourth-order valence-corrected chi connectivity index (χ4v) is 13.6. The zero-order valence-corrected chi connectivity index (χ0v) is 38.4. The van der Waals surface area contributed by atoms with Gasteiger partial charge in [-0.1, -0.05) is 80.3 Å². The molecular formula is C44H49N9O7S2Si. The maximum absolute atomic E-state index is 16.0. The van der Waals surface area contributed by atoms with Gasteiger partial charge in [0.05, 0.1) is 44.1 Å². The molecule has 0 aliphatic heterocycles. The molecule has 0 amide bonds. The van der Waals surface area contributed by atoms with Crippen LogP contribution in [0.15, 0.2) is 119 Å². The maximum atomic E-state index is 16.0. The van der Waals surface area contributed by atoms with Crippen molar-refractivity contribution in [2.24, 2.45) is 0 Å². The molecule has 328 valence electrons. The number of nitrogen functional groups attached to an aromatic ring is 1. The van der Waals surface area contributed by atoms with E-state index in [1.807, 2.05) is 12.1 Å². The molecule has 0 radical (unpaired) electrons. The molecule has 0 fully saturated rings. The van der Waals surface area contributed by atoms with Crippen molar-refractivity contribution in [1.82, 2.24) is 39.7 Å². The first-order valence-electron chi connectivity index (χ1n) is 19.9.